The summed E-state index contributed by atoms with van der Waals surface area (Å²) in [5.74, 6) is 0.389. The molecule has 0 bridgehead atoms. The van der Waals surface area contributed by atoms with Gasteiger partial charge in [0.05, 0.1) is 23.1 Å². The van der Waals surface area contributed by atoms with E-state index in [1.165, 1.54) is 24.5 Å². The summed E-state index contributed by atoms with van der Waals surface area (Å²) < 4.78 is 5.30. The van der Waals surface area contributed by atoms with Crippen molar-refractivity contribution in [3.05, 3.63) is 34.6 Å². The SMILES string of the molecule is CCOc1cc([N+](=O)[O-])cc2nccnc12. The monoisotopic (exact) mass is 219 g/mol. The van der Waals surface area contributed by atoms with Crippen LogP contribution in [0.5, 0.6) is 5.75 Å². The molecule has 0 unspecified atom stereocenters. The van der Waals surface area contributed by atoms with Gasteiger partial charge in [-0.3, -0.25) is 15.1 Å². The number of aromatic nitrogens is 2. The lowest BCUT2D eigenvalue weighted by Crippen LogP contribution is -1.97. The molecule has 0 fully saturated rings. The quantitative estimate of drug-likeness (QED) is 0.582. The molecule has 0 atom stereocenters. The molecule has 0 aliphatic carbocycles. The molecule has 2 rings (SSSR count). The van der Waals surface area contributed by atoms with Crippen molar-refractivity contribution in [2.75, 3.05) is 6.61 Å². The second kappa shape index (κ2) is 4.09. The van der Waals surface area contributed by atoms with Gasteiger partial charge in [-0.25, -0.2) is 4.98 Å². The van der Waals surface area contributed by atoms with E-state index in [9.17, 15) is 10.1 Å². The second-order valence-electron chi connectivity index (χ2n) is 3.06. The Morgan fingerprint density at radius 3 is 2.81 bits per heavy atom. The van der Waals surface area contributed by atoms with E-state index in [-0.39, 0.29) is 5.69 Å². The van der Waals surface area contributed by atoms with Crippen LogP contribution in [0.1, 0.15) is 6.92 Å². The number of benzene rings is 1. The summed E-state index contributed by atoms with van der Waals surface area (Å²) in [6.45, 7) is 2.23. The minimum absolute atomic E-state index is 0.0450. The predicted molar refractivity (Wildman–Crippen MR) is 57.4 cm³/mol. The molecule has 1 aromatic heterocycles. The summed E-state index contributed by atoms with van der Waals surface area (Å²) >= 11 is 0. The van der Waals surface area contributed by atoms with Crippen LogP contribution in [0.3, 0.4) is 0 Å². The number of non-ortho nitro benzene ring substituents is 1. The average Bonchev–Trinajstić information content (AvgIpc) is 2.29. The Morgan fingerprint density at radius 2 is 2.12 bits per heavy atom. The molecule has 6 nitrogen and oxygen atoms in total. The fraction of sp³-hybridized carbons (Fsp3) is 0.200. The first-order valence-electron chi connectivity index (χ1n) is 4.74. The number of nitrogens with zero attached hydrogens (tertiary/aromatic N) is 3. The van der Waals surface area contributed by atoms with E-state index in [0.29, 0.717) is 23.4 Å². The van der Waals surface area contributed by atoms with Gasteiger partial charge in [0.1, 0.15) is 5.52 Å². The van der Waals surface area contributed by atoms with Crippen molar-refractivity contribution < 1.29 is 9.66 Å². The van der Waals surface area contributed by atoms with E-state index in [2.05, 4.69) is 9.97 Å². The van der Waals surface area contributed by atoms with Crippen LogP contribution < -0.4 is 4.74 Å². The maximum absolute atomic E-state index is 10.7. The second-order valence-corrected chi connectivity index (χ2v) is 3.06. The maximum atomic E-state index is 10.7. The van der Waals surface area contributed by atoms with Crippen LogP contribution >= 0.6 is 0 Å². The number of rotatable bonds is 3. The van der Waals surface area contributed by atoms with Crippen LogP contribution in [-0.2, 0) is 0 Å². The average molecular weight is 219 g/mol. The first-order chi connectivity index (χ1) is 7.72. The molecule has 0 aliphatic rings. The van der Waals surface area contributed by atoms with Crippen molar-refractivity contribution in [2.24, 2.45) is 0 Å². The Bertz CT molecular complexity index is 542. The molecule has 0 saturated heterocycles. The Labute approximate surface area is 91.0 Å². The standard InChI is InChI=1S/C10H9N3O3/c1-2-16-9-6-7(13(14)15)5-8-10(9)12-4-3-11-8/h3-6H,2H2,1H3. The molecule has 16 heavy (non-hydrogen) atoms. The lowest BCUT2D eigenvalue weighted by Gasteiger charge is -2.05. The van der Waals surface area contributed by atoms with Gasteiger partial charge in [-0.05, 0) is 6.92 Å². The van der Waals surface area contributed by atoms with Gasteiger partial charge < -0.3 is 4.74 Å². The van der Waals surface area contributed by atoms with Crippen molar-refractivity contribution in [2.45, 2.75) is 6.92 Å². The van der Waals surface area contributed by atoms with Crippen LogP contribution in [0, 0.1) is 10.1 Å². The van der Waals surface area contributed by atoms with Crippen molar-refractivity contribution in [1.29, 1.82) is 0 Å². The van der Waals surface area contributed by atoms with Gasteiger partial charge in [0, 0.05) is 18.5 Å². The number of hydrogen-bond acceptors (Lipinski definition) is 5. The van der Waals surface area contributed by atoms with Crippen molar-refractivity contribution in [3.8, 4) is 5.75 Å². The number of nitro benzene ring substituents is 1. The Hall–Kier alpha value is -2.24. The number of ether oxygens (including phenoxy) is 1. The highest BCUT2D eigenvalue weighted by atomic mass is 16.6. The topological polar surface area (TPSA) is 78.2 Å². The lowest BCUT2D eigenvalue weighted by atomic mass is 10.2. The number of nitro groups is 1. The van der Waals surface area contributed by atoms with Crippen molar-refractivity contribution >= 4 is 16.7 Å². The van der Waals surface area contributed by atoms with E-state index < -0.39 is 4.92 Å². The Morgan fingerprint density at radius 1 is 1.38 bits per heavy atom. The lowest BCUT2D eigenvalue weighted by molar-refractivity contribution is -0.384. The van der Waals surface area contributed by atoms with Gasteiger partial charge >= 0.3 is 0 Å². The Kier molecular flexibility index (Phi) is 2.63. The van der Waals surface area contributed by atoms with Crippen LogP contribution in [-0.4, -0.2) is 21.5 Å². The van der Waals surface area contributed by atoms with Gasteiger partial charge in [0.25, 0.3) is 5.69 Å². The van der Waals surface area contributed by atoms with Crippen molar-refractivity contribution in [1.82, 2.24) is 9.97 Å². The molecular weight excluding hydrogens is 210 g/mol. The van der Waals surface area contributed by atoms with E-state index in [1.807, 2.05) is 0 Å². The first kappa shape index (κ1) is 10.3. The zero-order valence-electron chi connectivity index (χ0n) is 8.58. The molecule has 0 amide bonds. The minimum Gasteiger partial charge on any atom is -0.491 e. The molecule has 0 saturated carbocycles. The molecule has 0 spiro atoms. The van der Waals surface area contributed by atoms with E-state index in [4.69, 9.17) is 4.74 Å². The molecule has 0 radical (unpaired) electrons. The summed E-state index contributed by atoms with van der Waals surface area (Å²) in [4.78, 5) is 18.3. The summed E-state index contributed by atoms with van der Waals surface area (Å²) in [6, 6.07) is 2.74. The van der Waals surface area contributed by atoms with Gasteiger partial charge in [0.2, 0.25) is 0 Å². The molecular formula is C10H9N3O3. The van der Waals surface area contributed by atoms with Crippen LogP contribution in [0.25, 0.3) is 11.0 Å². The van der Waals surface area contributed by atoms with Gasteiger partial charge in [-0.2, -0.15) is 0 Å². The summed E-state index contributed by atoms with van der Waals surface area (Å²) in [7, 11) is 0. The molecule has 0 N–H and O–H groups in total. The summed E-state index contributed by atoms with van der Waals surface area (Å²) in [5.41, 5.74) is 0.951. The zero-order valence-corrected chi connectivity index (χ0v) is 8.58. The molecule has 1 aromatic carbocycles. The van der Waals surface area contributed by atoms with E-state index in [1.54, 1.807) is 6.92 Å². The van der Waals surface area contributed by atoms with E-state index in [0.717, 1.165) is 0 Å². The fourth-order valence-corrected chi connectivity index (χ4v) is 1.40. The highest BCUT2D eigenvalue weighted by Crippen LogP contribution is 2.28. The first-order valence-corrected chi connectivity index (χ1v) is 4.74. The number of hydrogen-bond donors (Lipinski definition) is 0. The molecule has 2 aromatic rings. The molecule has 82 valence electrons. The van der Waals surface area contributed by atoms with Gasteiger partial charge in [-0.15, -0.1) is 0 Å². The van der Waals surface area contributed by atoms with Crippen LogP contribution in [0.15, 0.2) is 24.5 Å². The van der Waals surface area contributed by atoms with E-state index >= 15 is 0 Å². The van der Waals surface area contributed by atoms with Gasteiger partial charge in [0.15, 0.2) is 5.75 Å². The zero-order chi connectivity index (χ0) is 11.5. The minimum atomic E-state index is -0.476. The van der Waals surface area contributed by atoms with Crippen LogP contribution in [0.2, 0.25) is 0 Å². The smallest absolute Gasteiger partial charge is 0.275 e. The highest BCUT2D eigenvalue weighted by Gasteiger charge is 2.13. The largest absolute Gasteiger partial charge is 0.491 e. The highest BCUT2D eigenvalue weighted by molar-refractivity contribution is 5.83. The summed E-state index contributed by atoms with van der Waals surface area (Å²) in [5, 5.41) is 10.7. The summed E-state index contributed by atoms with van der Waals surface area (Å²) in [6.07, 6.45) is 3.01. The van der Waals surface area contributed by atoms with Crippen LogP contribution in [0.4, 0.5) is 5.69 Å². The van der Waals surface area contributed by atoms with Crippen molar-refractivity contribution in [3.63, 3.8) is 0 Å². The van der Waals surface area contributed by atoms with Gasteiger partial charge in [-0.1, -0.05) is 0 Å². The maximum Gasteiger partial charge on any atom is 0.275 e. The normalized spacial score (nSPS) is 10.3. The third kappa shape index (κ3) is 1.77. The molecule has 0 aliphatic heterocycles. The third-order valence-corrected chi connectivity index (χ3v) is 2.03. The fourth-order valence-electron chi connectivity index (χ4n) is 1.40. The predicted octanol–water partition coefficient (Wildman–Crippen LogP) is 1.94. The molecule has 1 heterocycles. The Balaban J connectivity index is 2.68. The number of fused-ring (bicyclic) bond motifs is 1. The third-order valence-electron chi connectivity index (χ3n) is 2.03. The molecule has 6 heteroatoms.